The number of halogens is 1. The lowest BCUT2D eigenvalue weighted by Crippen LogP contribution is -2.36. The van der Waals surface area contributed by atoms with Crippen molar-refractivity contribution in [2.24, 2.45) is 5.92 Å². The predicted molar refractivity (Wildman–Crippen MR) is 53.4 cm³/mol. The van der Waals surface area contributed by atoms with Crippen LogP contribution in [0.3, 0.4) is 0 Å². The normalized spacial score (nSPS) is 17.2. The Balaban J connectivity index is 2.20. The standard InChI is InChI=1S/C9H16BrNO/c1-11(7-3-6-10)9(12)8-4-2-5-8/h8H,2-7H2,1H3. The van der Waals surface area contributed by atoms with Gasteiger partial charge in [0.05, 0.1) is 0 Å². The summed E-state index contributed by atoms with van der Waals surface area (Å²) in [5, 5.41) is 0.981. The number of carbonyl (C=O) groups excluding carboxylic acids is 1. The molecule has 0 aromatic carbocycles. The van der Waals surface area contributed by atoms with Crippen LogP contribution in [0.2, 0.25) is 0 Å². The third kappa shape index (κ3) is 2.47. The van der Waals surface area contributed by atoms with Crippen LogP contribution >= 0.6 is 15.9 Å². The summed E-state index contributed by atoms with van der Waals surface area (Å²) in [5.74, 6) is 0.701. The third-order valence-corrected chi connectivity index (χ3v) is 3.02. The molecule has 0 radical (unpaired) electrons. The van der Waals surface area contributed by atoms with Crippen LogP contribution in [0.4, 0.5) is 0 Å². The molecule has 1 aliphatic carbocycles. The second-order valence-corrected chi connectivity index (χ2v) is 4.22. The van der Waals surface area contributed by atoms with Crippen LogP contribution in [0.1, 0.15) is 25.7 Å². The van der Waals surface area contributed by atoms with E-state index in [1.807, 2.05) is 11.9 Å². The quantitative estimate of drug-likeness (QED) is 0.681. The monoisotopic (exact) mass is 233 g/mol. The molecule has 1 aliphatic rings. The molecule has 0 spiro atoms. The minimum atomic E-state index is 0.349. The van der Waals surface area contributed by atoms with Gasteiger partial charge in [0.15, 0.2) is 0 Å². The molecule has 70 valence electrons. The first kappa shape index (κ1) is 10.0. The van der Waals surface area contributed by atoms with Crippen molar-refractivity contribution in [1.29, 1.82) is 0 Å². The highest BCUT2D eigenvalue weighted by Crippen LogP contribution is 2.27. The van der Waals surface area contributed by atoms with E-state index in [1.165, 1.54) is 6.42 Å². The van der Waals surface area contributed by atoms with E-state index < -0.39 is 0 Å². The summed E-state index contributed by atoms with van der Waals surface area (Å²) in [6.07, 6.45) is 4.51. The smallest absolute Gasteiger partial charge is 0.225 e. The topological polar surface area (TPSA) is 20.3 Å². The number of carbonyl (C=O) groups is 1. The van der Waals surface area contributed by atoms with Gasteiger partial charge in [0.1, 0.15) is 0 Å². The van der Waals surface area contributed by atoms with Crippen LogP contribution in [0.25, 0.3) is 0 Å². The molecule has 0 aliphatic heterocycles. The van der Waals surface area contributed by atoms with Gasteiger partial charge in [0.2, 0.25) is 5.91 Å². The highest BCUT2D eigenvalue weighted by atomic mass is 79.9. The van der Waals surface area contributed by atoms with Crippen LogP contribution in [-0.2, 0) is 4.79 Å². The molecular formula is C9H16BrNO. The molecule has 12 heavy (non-hydrogen) atoms. The summed E-state index contributed by atoms with van der Waals surface area (Å²) < 4.78 is 0. The number of amides is 1. The number of alkyl halides is 1. The van der Waals surface area contributed by atoms with Crippen LogP contribution < -0.4 is 0 Å². The zero-order valence-electron chi connectivity index (χ0n) is 7.55. The van der Waals surface area contributed by atoms with Crippen LogP contribution in [-0.4, -0.2) is 29.7 Å². The molecule has 0 aromatic rings. The lowest BCUT2D eigenvalue weighted by Gasteiger charge is -2.29. The van der Waals surface area contributed by atoms with Crippen LogP contribution in [0.5, 0.6) is 0 Å². The van der Waals surface area contributed by atoms with Gasteiger partial charge in [-0.2, -0.15) is 0 Å². The maximum absolute atomic E-state index is 11.5. The lowest BCUT2D eigenvalue weighted by molar-refractivity contribution is -0.136. The number of hydrogen-bond donors (Lipinski definition) is 0. The number of rotatable bonds is 4. The first-order valence-electron chi connectivity index (χ1n) is 4.56. The van der Waals surface area contributed by atoms with Gasteiger partial charge in [-0.05, 0) is 19.3 Å². The first-order chi connectivity index (χ1) is 5.75. The Morgan fingerprint density at radius 3 is 2.67 bits per heavy atom. The van der Waals surface area contributed by atoms with Crippen molar-refractivity contribution in [2.45, 2.75) is 25.7 Å². The van der Waals surface area contributed by atoms with Gasteiger partial charge < -0.3 is 4.90 Å². The molecular weight excluding hydrogens is 218 g/mol. The summed E-state index contributed by atoms with van der Waals surface area (Å²) in [4.78, 5) is 13.4. The van der Waals surface area contributed by atoms with E-state index in [2.05, 4.69) is 15.9 Å². The van der Waals surface area contributed by atoms with E-state index in [0.717, 1.165) is 31.1 Å². The highest BCUT2D eigenvalue weighted by molar-refractivity contribution is 9.09. The second kappa shape index (κ2) is 4.85. The Morgan fingerprint density at radius 2 is 2.25 bits per heavy atom. The molecule has 0 heterocycles. The zero-order valence-corrected chi connectivity index (χ0v) is 9.14. The molecule has 1 saturated carbocycles. The Labute approximate surface area is 82.4 Å². The molecule has 3 heteroatoms. The number of hydrogen-bond acceptors (Lipinski definition) is 1. The Bertz CT molecular complexity index is 157. The molecule has 2 nitrogen and oxygen atoms in total. The van der Waals surface area contributed by atoms with E-state index in [4.69, 9.17) is 0 Å². The molecule has 1 rings (SSSR count). The first-order valence-corrected chi connectivity index (χ1v) is 5.69. The summed E-state index contributed by atoms with van der Waals surface area (Å²) in [6.45, 7) is 0.889. The second-order valence-electron chi connectivity index (χ2n) is 3.43. The zero-order chi connectivity index (χ0) is 8.97. The maximum atomic E-state index is 11.5. The van der Waals surface area contributed by atoms with Gasteiger partial charge in [0.25, 0.3) is 0 Å². The SMILES string of the molecule is CN(CCCBr)C(=O)C1CCC1. The largest absolute Gasteiger partial charge is 0.345 e. The van der Waals surface area contributed by atoms with Crippen LogP contribution in [0.15, 0.2) is 0 Å². The Kier molecular flexibility index (Phi) is 4.06. The van der Waals surface area contributed by atoms with Crippen molar-refractivity contribution < 1.29 is 4.79 Å². The molecule has 0 saturated heterocycles. The van der Waals surface area contributed by atoms with Crippen LogP contribution in [0, 0.1) is 5.92 Å². The highest BCUT2D eigenvalue weighted by Gasteiger charge is 2.27. The minimum Gasteiger partial charge on any atom is -0.345 e. The predicted octanol–water partition coefficient (Wildman–Crippen LogP) is 2.03. The fourth-order valence-electron chi connectivity index (χ4n) is 1.37. The Hall–Kier alpha value is -0.0500. The fourth-order valence-corrected chi connectivity index (χ4v) is 1.62. The molecule has 0 aromatic heterocycles. The summed E-state index contributed by atoms with van der Waals surface area (Å²) in [5.41, 5.74) is 0. The molecule has 0 N–H and O–H groups in total. The van der Waals surface area contributed by atoms with Crippen molar-refractivity contribution in [3.63, 3.8) is 0 Å². The van der Waals surface area contributed by atoms with Crippen molar-refractivity contribution in [1.82, 2.24) is 4.90 Å². The van der Waals surface area contributed by atoms with E-state index >= 15 is 0 Å². The summed E-state index contributed by atoms with van der Waals surface area (Å²) >= 11 is 3.36. The minimum absolute atomic E-state index is 0.349. The average molecular weight is 234 g/mol. The van der Waals surface area contributed by atoms with Crippen molar-refractivity contribution in [3.8, 4) is 0 Å². The van der Waals surface area contributed by atoms with Gasteiger partial charge >= 0.3 is 0 Å². The van der Waals surface area contributed by atoms with Crippen molar-refractivity contribution in [2.75, 3.05) is 18.9 Å². The maximum Gasteiger partial charge on any atom is 0.225 e. The molecule has 0 unspecified atom stereocenters. The Morgan fingerprint density at radius 1 is 1.58 bits per heavy atom. The van der Waals surface area contributed by atoms with E-state index in [-0.39, 0.29) is 0 Å². The van der Waals surface area contributed by atoms with Gasteiger partial charge in [-0.25, -0.2) is 0 Å². The van der Waals surface area contributed by atoms with Gasteiger partial charge in [-0.15, -0.1) is 0 Å². The third-order valence-electron chi connectivity index (χ3n) is 2.46. The van der Waals surface area contributed by atoms with Crippen molar-refractivity contribution in [3.05, 3.63) is 0 Å². The molecule has 1 fully saturated rings. The molecule has 0 bridgehead atoms. The summed E-state index contributed by atoms with van der Waals surface area (Å²) in [7, 11) is 1.91. The van der Waals surface area contributed by atoms with E-state index in [0.29, 0.717) is 11.8 Å². The van der Waals surface area contributed by atoms with Gasteiger partial charge in [-0.1, -0.05) is 22.4 Å². The average Bonchev–Trinajstić information content (AvgIpc) is 1.96. The van der Waals surface area contributed by atoms with Crippen molar-refractivity contribution >= 4 is 21.8 Å². The lowest BCUT2D eigenvalue weighted by atomic mass is 9.84. The van der Waals surface area contributed by atoms with Gasteiger partial charge in [-0.3, -0.25) is 4.79 Å². The fraction of sp³-hybridized carbons (Fsp3) is 0.889. The molecule has 0 atom stereocenters. The summed E-state index contributed by atoms with van der Waals surface area (Å²) in [6, 6.07) is 0. The number of nitrogens with zero attached hydrogens (tertiary/aromatic N) is 1. The van der Waals surface area contributed by atoms with E-state index in [1.54, 1.807) is 0 Å². The van der Waals surface area contributed by atoms with Gasteiger partial charge in [0, 0.05) is 24.8 Å². The molecule has 1 amide bonds. The van der Waals surface area contributed by atoms with E-state index in [9.17, 15) is 4.79 Å².